The van der Waals surface area contributed by atoms with E-state index in [9.17, 15) is 4.79 Å². The van der Waals surface area contributed by atoms with Gasteiger partial charge in [-0.25, -0.2) is 4.98 Å². The molecule has 0 radical (unpaired) electrons. The predicted octanol–water partition coefficient (Wildman–Crippen LogP) is 1.20. The fraction of sp³-hybridized carbons (Fsp3) is 0.636. The number of rotatable bonds is 2. The molecule has 1 aliphatic heterocycles. The summed E-state index contributed by atoms with van der Waals surface area (Å²) >= 11 is 0. The van der Waals surface area contributed by atoms with Crippen LogP contribution in [0.2, 0.25) is 0 Å². The van der Waals surface area contributed by atoms with Crippen molar-refractivity contribution in [3.05, 3.63) is 17.3 Å². The van der Waals surface area contributed by atoms with E-state index in [1.54, 1.807) is 13.8 Å². The topological polar surface area (TPSA) is 67.2 Å². The molecule has 0 spiro atoms. The van der Waals surface area contributed by atoms with E-state index >= 15 is 0 Å². The Hall–Kier alpha value is -1.07. The Morgan fingerprint density at radius 1 is 1.41 bits per heavy atom. The zero-order chi connectivity index (χ0) is 11.5. The number of oxazole rings is 1. The third kappa shape index (κ3) is 3.44. The van der Waals surface area contributed by atoms with Crippen LogP contribution in [0.15, 0.2) is 4.42 Å². The minimum Gasteiger partial charge on any atom is -0.436 e. The molecular formula is C11H18ClN3O2. The second kappa shape index (κ2) is 6.02. The molecule has 0 saturated carbocycles. The molecule has 1 amide bonds. The van der Waals surface area contributed by atoms with Gasteiger partial charge in [0, 0.05) is 13.0 Å². The lowest BCUT2D eigenvalue weighted by Crippen LogP contribution is -2.42. The van der Waals surface area contributed by atoms with Gasteiger partial charge in [0.15, 0.2) is 5.89 Å². The second-order valence-corrected chi connectivity index (χ2v) is 4.15. The third-order valence-corrected chi connectivity index (χ3v) is 2.78. The van der Waals surface area contributed by atoms with Crippen molar-refractivity contribution in [1.29, 1.82) is 0 Å². The molecule has 2 N–H and O–H groups in total. The zero-order valence-corrected chi connectivity index (χ0v) is 10.9. The number of amides is 1. The Labute approximate surface area is 107 Å². The number of halogens is 1. The standard InChI is InChI=1S/C11H17N3O2.ClH/c1-7-10(16-8(2)13-7)11(15)14-9-3-5-12-6-4-9;/h9,12H,3-6H2,1-2H3,(H,14,15);1H. The van der Waals surface area contributed by atoms with Gasteiger partial charge >= 0.3 is 0 Å². The number of nitrogens with one attached hydrogen (secondary N) is 2. The molecule has 6 heteroatoms. The van der Waals surface area contributed by atoms with Crippen LogP contribution in [0.4, 0.5) is 0 Å². The molecule has 1 fully saturated rings. The molecule has 1 aliphatic rings. The molecule has 1 saturated heterocycles. The largest absolute Gasteiger partial charge is 0.436 e. The van der Waals surface area contributed by atoms with Crippen molar-refractivity contribution in [2.45, 2.75) is 32.7 Å². The minimum absolute atomic E-state index is 0. The number of aromatic nitrogens is 1. The number of aryl methyl sites for hydroxylation is 2. The van der Waals surface area contributed by atoms with Crippen molar-refractivity contribution >= 4 is 18.3 Å². The lowest BCUT2D eigenvalue weighted by atomic mass is 10.1. The van der Waals surface area contributed by atoms with E-state index in [-0.39, 0.29) is 24.4 Å². The van der Waals surface area contributed by atoms with Crippen molar-refractivity contribution in [3.8, 4) is 0 Å². The van der Waals surface area contributed by atoms with Crippen molar-refractivity contribution in [2.75, 3.05) is 13.1 Å². The van der Waals surface area contributed by atoms with Gasteiger partial charge in [-0.05, 0) is 32.9 Å². The average molecular weight is 260 g/mol. The summed E-state index contributed by atoms with van der Waals surface area (Å²) in [6.07, 6.45) is 1.94. The highest BCUT2D eigenvalue weighted by molar-refractivity contribution is 5.92. The summed E-state index contributed by atoms with van der Waals surface area (Å²) in [6.45, 7) is 5.45. The molecule has 0 bridgehead atoms. The molecule has 96 valence electrons. The van der Waals surface area contributed by atoms with Gasteiger partial charge in [-0.1, -0.05) is 0 Å². The molecule has 0 aliphatic carbocycles. The highest BCUT2D eigenvalue weighted by Crippen LogP contribution is 2.10. The number of carbonyl (C=O) groups excluding carboxylic acids is 1. The summed E-state index contributed by atoms with van der Waals surface area (Å²) in [5, 5.41) is 6.23. The summed E-state index contributed by atoms with van der Waals surface area (Å²) in [4.78, 5) is 16.0. The van der Waals surface area contributed by atoms with Gasteiger partial charge in [-0.2, -0.15) is 0 Å². The number of hydrogen-bond acceptors (Lipinski definition) is 4. The van der Waals surface area contributed by atoms with Crippen molar-refractivity contribution in [2.24, 2.45) is 0 Å². The van der Waals surface area contributed by atoms with Gasteiger partial charge < -0.3 is 15.1 Å². The van der Waals surface area contributed by atoms with E-state index in [0.29, 0.717) is 17.3 Å². The van der Waals surface area contributed by atoms with E-state index in [1.807, 2.05) is 0 Å². The third-order valence-electron chi connectivity index (χ3n) is 2.78. The SMILES string of the molecule is Cc1nc(C)c(C(=O)NC2CCNCC2)o1.Cl. The number of nitrogens with zero attached hydrogens (tertiary/aromatic N) is 1. The molecule has 0 aromatic carbocycles. The molecule has 0 unspecified atom stereocenters. The summed E-state index contributed by atoms with van der Waals surface area (Å²) in [5.41, 5.74) is 0.656. The summed E-state index contributed by atoms with van der Waals surface area (Å²) in [7, 11) is 0. The molecule has 0 atom stereocenters. The summed E-state index contributed by atoms with van der Waals surface area (Å²) in [6, 6.07) is 0.249. The lowest BCUT2D eigenvalue weighted by Gasteiger charge is -2.23. The van der Waals surface area contributed by atoms with Crippen LogP contribution in [-0.4, -0.2) is 30.0 Å². The average Bonchev–Trinajstić information content (AvgIpc) is 2.59. The van der Waals surface area contributed by atoms with Gasteiger partial charge in [0.2, 0.25) is 5.76 Å². The van der Waals surface area contributed by atoms with Crippen LogP contribution in [0.1, 0.15) is 35.0 Å². The second-order valence-electron chi connectivity index (χ2n) is 4.15. The van der Waals surface area contributed by atoms with Gasteiger partial charge in [-0.3, -0.25) is 4.79 Å². The van der Waals surface area contributed by atoms with E-state index in [2.05, 4.69) is 15.6 Å². The Kier molecular flexibility index (Phi) is 4.96. The monoisotopic (exact) mass is 259 g/mol. The molecule has 1 aromatic rings. The quantitative estimate of drug-likeness (QED) is 0.837. The Bertz CT molecular complexity index is 386. The summed E-state index contributed by atoms with van der Waals surface area (Å²) < 4.78 is 5.28. The summed E-state index contributed by atoms with van der Waals surface area (Å²) in [5.74, 6) is 0.731. The van der Waals surface area contributed by atoms with Gasteiger partial charge in [-0.15, -0.1) is 12.4 Å². The van der Waals surface area contributed by atoms with Crippen LogP contribution in [-0.2, 0) is 0 Å². The maximum Gasteiger partial charge on any atom is 0.289 e. The number of hydrogen-bond donors (Lipinski definition) is 2. The van der Waals surface area contributed by atoms with Crippen molar-refractivity contribution < 1.29 is 9.21 Å². The van der Waals surface area contributed by atoms with E-state index in [4.69, 9.17) is 4.42 Å². The Morgan fingerprint density at radius 2 is 2.06 bits per heavy atom. The van der Waals surface area contributed by atoms with Crippen LogP contribution < -0.4 is 10.6 Å². The molecule has 1 aromatic heterocycles. The molecular weight excluding hydrogens is 242 g/mol. The van der Waals surface area contributed by atoms with E-state index < -0.39 is 0 Å². The van der Waals surface area contributed by atoms with Crippen molar-refractivity contribution in [3.63, 3.8) is 0 Å². The smallest absolute Gasteiger partial charge is 0.289 e. The van der Waals surface area contributed by atoms with E-state index in [1.165, 1.54) is 0 Å². The fourth-order valence-corrected chi connectivity index (χ4v) is 1.96. The fourth-order valence-electron chi connectivity index (χ4n) is 1.96. The van der Waals surface area contributed by atoms with Crippen molar-refractivity contribution in [1.82, 2.24) is 15.6 Å². The molecule has 2 rings (SSSR count). The van der Waals surface area contributed by atoms with Crippen LogP contribution in [0.5, 0.6) is 0 Å². The molecule has 2 heterocycles. The normalized spacial score (nSPS) is 16.4. The Balaban J connectivity index is 0.00000144. The molecule has 17 heavy (non-hydrogen) atoms. The predicted molar refractivity (Wildman–Crippen MR) is 66.6 cm³/mol. The first kappa shape index (κ1) is 14.0. The first-order valence-electron chi connectivity index (χ1n) is 5.62. The minimum atomic E-state index is -0.148. The maximum atomic E-state index is 11.9. The highest BCUT2D eigenvalue weighted by atomic mass is 35.5. The molecule has 5 nitrogen and oxygen atoms in total. The first-order chi connectivity index (χ1) is 7.66. The van der Waals surface area contributed by atoms with Gasteiger partial charge in [0.25, 0.3) is 5.91 Å². The van der Waals surface area contributed by atoms with Crippen LogP contribution >= 0.6 is 12.4 Å². The lowest BCUT2D eigenvalue weighted by molar-refractivity contribution is 0.0899. The van der Waals surface area contributed by atoms with E-state index in [0.717, 1.165) is 25.9 Å². The van der Waals surface area contributed by atoms with Crippen LogP contribution in [0.3, 0.4) is 0 Å². The highest BCUT2D eigenvalue weighted by Gasteiger charge is 2.20. The number of carbonyl (C=O) groups is 1. The van der Waals surface area contributed by atoms with Crippen LogP contribution in [0.25, 0.3) is 0 Å². The van der Waals surface area contributed by atoms with Crippen LogP contribution in [0, 0.1) is 13.8 Å². The zero-order valence-electron chi connectivity index (χ0n) is 10.1. The van der Waals surface area contributed by atoms with Gasteiger partial charge in [0.1, 0.15) is 0 Å². The number of piperidine rings is 1. The Morgan fingerprint density at radius 3 is 2.59 bits per heavy atom. The first-order valence-corrected chi connectivity index (χ1v) is 5.62. The van der Waals surface area contributed by atoms with Gasteiger partial charge in [0.05, 0.1) is 5.69 Å². The maximum absolute atomic E-state index is 11.9.